The number of carbonyl (C=O) groups excluding carboxylic acids is 1. The third kappa shape index (κ3) is 3.97. The summed E-state index contributed by atoms with van der Waals surface area (Å²) in [6, 6.07) is 18.9. The quantitative estimate of drug-likeness (QED) is 0.357. The van der Waals surface area contributed by atoms with E-state index in [1.807, 2.05) is 30.3 Å². The largest absolute Gasteiger partial charge is 0.478 e. The smallest absolute Gasteiger partial charge is 0.335 e. The third-order valence-corrected chi connectivity index (χ3v) is 5.14. The van der Waals surface area contributed by atoms with Gasteiger partial charge in [0, 0.05) is 11.6 Å². The third-order valence-electron chi connectivity index (χ3n) is 4.19. The molecule has 8 heteroatoms. The number of aromatic nitrogens is 1. The van der Waals surface area contributed by atoms with Crippen LogP contribution in [0.4, 0.5) is 5.13 Å². The molecule has 0 aliphatic carbocycles. The Bertz CT molecular complexity index is 1310. The lowest BCUT2D eigenvalue weighted by atomic mass is 10.1. The molecule has 30 heavy (non-hydrogen) atoms. The van der Waals surface area contributed by atoms with Crippen molar-refractivity contribution in [3.8, 4) is 17.4 Å². The summed E-state index contributed by atoms with van der Waals surface area (Å²) in [6.07, 6.45) is 1.33. The lowest BCUT2D eigenvalue weighted by Crippen LogP contribution is -2.13. The number of nitrogens with zero attached hydrogens (tertiary/aromatic N) is 2. The molecule has 7 nitrogen and oxygen atoms in total. The topological polar surface area (TPSA) is 116 Å². The summed E-state index contributed by atoms with van der Waals surface area (Å²) in [6.45, 7) is 0. The standard InChI is InChI=1S/C22H13N3O4S/c23-12-15(20(26)25-22-24-17-6-1-2-7-19(17)30-22)11-16-8-9-18(29-16)13-4-3-5-14(10-13)21(27)28/h1-11H,(H,27,28)(H,24,25,26)/b15-11+. The first kappa shape index (κ1) is 19.1. The van der Waals surface area contributed by atoms with Gasteiger partial charge in [-0.15, -0.1) is 0 Å². The summed E-state index contributed by atoms with van der Waals surface area (Å²) < 4.78 is 6.60. The maximum Gasteiger partial charge on any atom is 0.335 e. The number of fused-ring (bicyclic) bond motifs is 1. The first-order chi connectivity index (χ1) is 14.5. The molecular weight excluding hydrogens is 402 g/mol. The van der Waals surface area contributed by atoms with Gasteiger partial charge in [0.05, 0.1) is 15.8 Å². The number of furan rings is 1. The van der Waals surface area contributed by atoms with Crippen molar-refractivity contribution in [3.63, 3.8) is 0 Å². The number of thiazole rings is 1. The number of para-hydroxylation sites is 1. The van der Waals surface area contributed by atoms with Crippen LogP contribution in [-0.4, -0.2) is 22.0 Å². The van der Waals surface area contributed by atoms with Crippen LogP contribution in [0.2, 0.25) is 0 Å². The second-order valence-corrected chi connectivity index (χ2v) is 7.23. The maximum absolute atomic E-state index is 12.5. The molecule has 0 bridgehead atoms. The van der Waals surface area contributed by atoms with Crippen molar-refractivity contribution >= 4 is 44.6 Å². The van der Waals surface area contributed by atoms with Crippen molar-refractivity contribution in [2.75, 3.05) is 5.32 Å². The molecule has 0 unspecified atom stereocenters. The zero-order valence-corrected chi connectivity index (χ0v) is 16.1. The van der Waals surface area contributed by atoms with Gasteiger partial charge in [-0.05, 0) is 36.4 Å². The Balaban J connectivity index is 1.55. The van der Waals surface area contributed by atoms with Crippen molar-refractivity contribution < 1.29 is 19.1 Å². The number of carboxylic acid groups (broad SMARTS) is 1. The van der Waals surface area contributed by atoms with E-state index in [1.165, 1.54) is 29.5 Å². The Morgan fingerprint density at radius 2 is 1.97 bits per heavy atom. The van der Waals surface area contributed by atoms with Crippen LogP contribution in [-0.2, 0) is 4.79 Å². The summed E-state index contributed by atoms with van der Waals surface area (Å²) in [5.41, 5.74) is 1.33. The summed E-state index contributed by atoms with van der Waals surface area (Å²) in [5.74, 6) is -0.917. The Labute approximate surface area is 174 Å². The zero-order chi connectivity index (χ0) is 21.1. The normalized spacial score (nSPS) is 11.2. The predicted molar refractivity (Wildman–Crippen MR) is 113 cm³/mol. The summed E-state index contributed by atoms with van der Waals surface area (Å²) in [5, 5.41) is 21.5. The Morgan fingerprint density at radius 3 is 2.73 bits per heavy atom. The molecule has 0 saturated carbocycles. The van der Waals surface area contributed by atoms with Crippen LogP contribution < -0.4 is 5.32 Å². The number of carboxylic acids is 1. The predicted octanol–water partition coefficient (Wildman–Crippen LogP) is 4.80. The van der Waals surface area contributed by atoms with Gasteiger partial charge in [0.25, 0.3) is 5.91 Å². The number of anilines is 1. The zero-order valence-electron chi connectivity index (χ0n) is 15.3. The molecule has 0 aliphatic rings. The number of nitrogens with one attached hydrogen (secondary N) is 1. The van der Waals surface area contributed by atoms with Crippen LogP contribution >= 0.6 is 11.3 Å². The molecule has 0 saturated heterocycles. The van der Waals surface area contributed by atoms with Gasteiger partial charge < -0.3 is 9.52 Å². The SMILES string of the molecule is N#C/C(=C\c1ccc(-c2cccc(C(=O)O)c2)o1)C(=O)Nc1nc2ccccc2s1. The molecule has 2 aromatic carbocycles. The molecule has 4 rings (SSSR count). The van der Waals surface area contributed by atoms with E-state index in [0.29, 0.717) is 22.2 Å². The molecular formula is C22H13N3O4S. The first-order valence-corrected chi connectivity index (χ1v) is 9.57. The van der Waals surface area contributed by atoms with Gasteiger partial charge in [0.15, 0.2) is 5.13 Å². The number of carbonyl (C=O) groups is 2. The van der Waals surface area contributed by atoms with Gasteiger partial charge >= 0.3 is 5.97 Å². The Kier molecular flexibility index (Phi) is 5.11. The molecule has 0 atom stereocenters. The number of hydrogen-bond donors (Lipinski definition) is 2. The molecule has 0 aliphatic heterocycles. The molecule has 0 spiro atoms. The van der Waals surface area contributed by atoms with Crippen LogP contribution in [0.15, 0.2) is 70.7 Å². The average molecular weight is 415 g/mol. The van der Waals surface area contributed by atoms with Crippen LogP contribution in [0.25, 0.3) is 27.6 Å². The van der Waals surface area contributed by atoms with E-state index in [2.05, 4.69) is 10.3 Å². The van der Waals surface area contributed by atoms with Crippen LogP contribution in [0.1, 0.15) is 16.1 Å². The Hall–Kier alpha value is -4.22. The highest BCUT2D eigenvalue weighted by molar-refractivity contribution is 7.22. The van der Waals surface area contributed by atoms with Crippen molar-refractivity contribution in [2.45, 2.75) is 0 Å². The molecule has 1 amide bonds. The molecule has 2 heterocycles. The van der Waals surface area contributed by atoms with Gasteiger partial charge in [0.1, 0.15) is 23.2 Å². The fourth-order valence-corrected chi connectivity index (χ4v) is 3.63. The van der Waals surface area contributed by atoms with Gasteiger partial charge in [-0.25, -0.2) is 9.78 Å². The highest BCUT2D eigenvalue weighted by Gasteiger charge is 2.14. The summed E-state index contributed by atoms with van der Waals surface area (Å²) in [7, 11) is 0. The van der Waals surface area contributed by atoms with E-state index >= 15 is 0 Å². The average Bonchev–Trinajstić information content (AvgIpc) is 3.38. The van der Waals surface area contributed by atoms with Gasteiger partial charge in [-0.2, -0.15) is 5.26 Å². The molecule has 2 aromatic heterocycles. The lowest BCUT2D eigenvalue weighted by molar-refractivity contribution is -0.112. The molecule has 146 valence electrons. The molecule has 4 aromatic rings. The highest BCUT2D eigenvalue weighted by Crippen LogP contribution is 2.27. The highest BCUT2D eigenvalue weighted by atomic mass is 32.1. The minimum Gasteiger partial charge on any atom is -0.478 e. The number of rotatable bonds is 5. The second-order valence-electron chi connectivity index (χ2n) is 6.20. The fraction of sp³-hybridized carbons (Fsp3) is 0. The van der Waals surface area contributed by atoms with Crippen LogP contribution in [0, 0.1) is 11.3 Å². The van der Waals surface area contributed by atoms with E-state index in [9.17, 15) is 14.9 Å². The van der Waals surface area contributed by atoms with Gasteiger partial charge in [0.2, 0.25) is 0 Å². The van der Waals surface area contributed by atoms with Crippen molar-refractivity contribution in [3.05, 3.63) is 77.6 Å². The van der Waals surface area contributed by atoms with Crippen LogP contribution in [0.3, 0.4) is 0 Å². The minimum atomic E-state index is -1.04. The minimum absolute atomic E-state index is 0.133. The second kappa shape index (κ2) is 8.03. The fourth-order valence-electron chi connectivity index (χ4n) is 2.77. The summed E-state index contributed by atoms with van der Waals surface area (Å²) >= 11 is 1.31. The van der Waals surface area contributed by atoms with E-state index in [4.69, 9.17) is 9.52 Å². The number of benzene rings is 2. The van der Waals surface area contributed by atoms with Crippen LogP contribution in [0.5, 0.6) is 0 Å². The van der Waals surface area contributed by atoms with E-state index < -0.39 is 11.9 Å². The van der Waals surface area contributed by atoms with Gasteiger partial charge in [-0.3, -0.25) is 10.1 Å². The van der Waals surface area contributed by atoms with E-state index in [-0.39, 0.29) is 11.1 Å². The maximum atomic E-state index is 12.5. The van der Waals surface area contributed by atoms with Crippen molar-refractivity contribution in [2.24, 2.45) is 0 Å². The number of aromatic carboxylic acids is 1. The van der Waals surface area contributed by atoms with Crippen molar-refractivity contribution in [1.29, 1.82) is 5.26 Å². The summed E-state index contributed by atoms with van der Waals surface area (Å²) in [4.78, 5) is 27.9. The molecule has 2 N–H and O–H groups in total. The number of hydrogen-bond acceptors (Lipinski definition) is 6. The van der Waals surface area contributed by atoms with Crippen molar-refractivity contribution in [1.82, 2.24) is 4.98 Å². The molecule has 0 radical (unpaired) electrons. The monoisotopic (exact) mass is 415 g/mol. The number of amides is 1. The first-order valence-electron chi connectivity index (χ1n) is 8.76. The Morgan fingerprint density at radius 1 is 1.13 bits per heavy atom. The van der Waals surface area contributed by atoms with Gasteiger partial charge in [-0.1, -0.05) is 35.6 Å². The lowest BCUT2D eigenvalue weighted by Gasteiger charge is -2.00. The van der Waals surface area contributed by atoms with E-state index in [1.54, 1.807) is 24.3 Å². The van der Waals surface area contributed by atoms with E-state index in [0.717, 1.165) is 10.2 Å². The molecule has 0 fully saturated rings. The number of nitriles is 1.